The Morgan fingerprint density at radius 3 is 2.00 bits per heavy atom. The molecule has 0 bridgehead atoms. The SMILES string of the molecule is CC(Sc1ccc(S(C)(=O)=O)cc1)C(F)(F)F. The first kappa shape index (κ1) is 14.4. The van der Waals surface area contributed by atoms with E-state index in [1.54, 1.807) is 0 Å². The van der Waals surface area contributed by atoms with Gasteiger partial charge in [0.2, 0.25) is 0 Å². The molecule has 0 aliphatic heterocycles. The van der Waals surface area contributed by atoms with Gasteiger partial charge in [0.1, 0.15) is 5.25 Å². The Labute approximate surface area is 102 Å². The molecule has 1 aromatic carbocycles. The van der Waals surface area contributed by atoms with Crippen molar-refractivity contribution in [3.8, 4) is 0 Å². The van der Waals surface area contributed by atoms with Crippen LogP contribution in [0.1, 0.15) is 6.92 Å². The van der Waals surface area contributed by atoms with Crippen LogP contribution in [0.4, 0.5) is 13.2 Å². The Bertz CT molecular complexity index is 477. The fourth-order valence-corrected chi connectivity index (χ4v) is 2.50. The van der Waals surface area contributed by atoms with Gasteiger partial charge in [0.05, 0.1) is 4.90 Å². The third-order valence-electron chi connectivity index (χ3n) is 2.03. The van der Waals surface area contributed by atoms with E-state index in [2.05, 4.69) is 0 Å². The van der Waals surface area contributed by atoms with Crippen LogP contribution < -0.4 is 0 Å². The molecule has 0 fully saturated rings. The van der Waals surface area contributed by atoms with Crippen molar-refractivity contribution < 1.29 is 21.6 Å². The van der Waals surface area contributed by atoms with Gasteiger partial charge in [0, 0.05) is 11.2 Å². The average molecular weight is 284 g/mol. The molecule has 0 spiro atoms. The van der Waals surface area contributed by atoms with Gasteiger partial charge < -0.3 is 0 Å². The van der Waals surface area contributed by atoms with E-state index in [-0.39, 0.29) is 4.90 Å². The second-order valence-electron chi connectivity index (χ2n) is 3.55. The van der Waals surface area contributed by atoms with Gasteiger partial charge in [0.25, 0.3) is 0 Å². The van der Waals surface area contributed by atoms with Crippen LogP contribution in [0, 0.1) is 0 Å². The number of sulfone groups is 1. The normalized spacial score (nSPS) is 14.6. The molecule has 0 radical (unpaired) electrons. The summed E-state index contributed by atoms with van der Waals surface area (Å²) >= 11 is 0.650. The van der Waals surface area contributed by atoms with E-state index in [1.807, 2.05) is 0 Å². The number of hydrogen-bond donors (Lipinski definition) is 0. The van der Waals surface area contributed by atoms with E-state index in [1.165, 1.54) is 24.3 Å². The lowest BCUT2D eigenvalue weighted by Gasteiger charge is -2.14. The van der Waals surface area contributed by atoms with E-state index < -0.39 is 21.3 Å². The Balaban J connectivity index is 2.83. The first-order chi connectivity index (χ1) is 7.60. The zero-order chi connectivity index (χ0) is 13.3. The predicted molar refractivity (Wildman–Crippen MR) is 60.9 cm³/mol. The summed E-state index contributed by atoms with van der Waals surface area (Å²) < 4.78 is 59.1. The molecule has 0 amide bonds. The summed E-state index contributed by atoms with van der Waals surface area (Å²) in [7, 11) is -3.31. The van der Waals surface area contributed by atoms with Crippen molar-refractivity contribution in [1.29, 1.82) is 0 Å². The molecular weight excluding hydrogens is 273 g/mol. The molecule has 1 rings (SSSR count). The van der Waals surface area contributed by atoms with Crippen molar-refractivity contribution in [2.75, 3.05) is 6.26 Å². The third-order valence-corrected chi connectivity index (χ3v) is 4.32. The molecule has 0 aromatic heterocycles. The number of rotatable bonds is 3. The van der Waals surface area contributed by atoms with Crippen molar-refractivity contribution in [3.63, 3.8) is 0 Å². The molecule has 1 atom stereocenters. The summed E-state index contributed by atoms with van der Waals surface area (Å²) in [4.78, 5) is 0.490. The topological polar surface area (TPSA) is 34.1 Å². The van der Waals surface area contributed by atoms with Crippen LogP contribution in [0.5, 0.6) is 0 Å². The molecule has 0 aliphatic rings. The van der Waals surface area contributed by atoms with Crippen LogP contribution >= 0.6 is 11.8 Å². The van der Waals surface area contributed by atoms with Gasteiger partial charge in [-0.1, -0.05) is 0 Å². The highest BCUT2D eigenvalue weighted by molar-refractivity contribution is 8.00. The van der Waals surface area contributed by atoms with Crippen molar-refractivity contribution in [1.82, 2.24) is 0 Å². The van der Waals surface area contributed by atoms with Crippen molar-refractivity contribution in [3.05, 3.63) is 24.3 Å². The molecule has 0 saturated carbocycles. The summed E-state index contributed by atoms with van der Waals surface area (Å²) in [5.74, 6) is 0. The highest BCUT2D eigenvalue weighted by Gasteiger charge is 2.36. The first-order valence-corrected chi connectivity index (χ1v) is 7.41. The van der Waals surface area contributed by atoms with Crippen LogP contribution in [-0.2, 0) is 9.84 Å². The number of benzene rings is 1. The Hall–Kier alpha value is -0.690. The number of thioether (sulfide) groups is 1. The monoisotopic (exact) mass is 284 g/mol. The summed E-state index contributed by atoms with van der Waals surface area (Å²) in [6.45, 7) is 1.06. The zero-order valence-corrected chi connectivity index (χ0v) is 10.8. The Morgan fingerprint density at radius 2 is 1.65 bits per heavy atom. The highest BCUT2D eigenvalue weighted by atomic mass is 32.2. The van der Waals surface area contributed by atoms with Gasteiger partial charge in [-0.2, -0.15) is 13.2 Å². The van der Waals surface area contributed by atoms with E-state index in [0.717, 1.165) is 13.2 Å². The molecule has 17 heavy (non-hydrogen) atoms. The van der Waals surface area contributed by atoms with E-state index in [0.29, 0.717) is 16.7 Å². The predicted octanol–water partition coefficient (Wildman–Crippen LogP) is 3.13. The lowest BCUT2D eigenvalue weighted by atomic mass is 10.4. The first-order valence-electron chi connectivity index (χ1n) is 4.64. The number of alkyl halides is 3. The third kappa shape index (κ3) is 4.23. The van der Waals surface area contributed by atoms with Gasteiger partial charge in [-0.3, -0.25) is 0 Å². The van der Waals surface area contributed by atoms with E-state index in [4.69, 9.17) is 0 Å². The highest BCUT2D eigenvalue weighted by Crippen LogP contribution is 2.34. The van der Waals surface area contributed by atoms with Crippen LogP contribution in [0.2, 0.25) is 0 Å². The number of hydrogen-bond acceptors (Lipinski definition) is 3. The van der Waals surface area contributed by atoms with Gasteiger partial charge >= 0.3 is 6.18 Å². The van der Waals surface area contributed by atoms with E-state index >= 15 is 0 Å². The summed E-state index contributed by atoms with van der Waals surface area (Å²) in [5.41, 5.74) is 0. The van der Waals surface area contributed by atoms with Gasteiger partial charge in [0.15, 0.2) is 9.84 Å². The molecule has 96 valence electrons. The largest absolute Gasteiger partial charge is 0.400 e. The van der Waals surface area contributed by atoms with Crippen LogP contribution in [0.25, 0.3) is 0 Å². The Kier molecular flexibility index (Phi) is 4.14. The average Bonchev–Trinajstić information content (AvgIpc) is 2.15. The molecule has 0 N–H and O–H groups in total. The molecule has 2 nitrogen and oxygen atoms in total. The summed E-state index contributed by atoms with van der Waals surface area (Å²) in [6, 6.07) is 5.37. The number of halogens is 3. The zero-order valence-electron chi connectivity index (χ0n) is 9.15. The quantitative estimate of drug-likeness (QED) is 0.800. The van der Waals surface area contributed by atoms with Gasteiger partial charge in [-0.25, -0.2) is 8.42 Å². The molecular formula is C10H11F3O2S2. The minimum absolute atomic E-state index is 0.0986. The Morgan fingerprint density at radius 1 is 1.18 bits per heavy atom. The fraction of sp³-hybridized carbons (Fsp3) is 0.400. The second kappa shape index (κ2) is 4.89. The van der Waals surface area contributed by atoms with Crippen molar-refractivity contribution in [2.45, 2.75) is 28.1 Å². The van der Waals surface area contributed by atoms with Crippen LogP contribution in [0.15, 0.2) is 34.1 Å². The fourth-order valence-electron chi connectivity index (χ4n) is 1.04. The molecule has 1 aromatic rings. The smallest absolute Gasteiger partial charge is 0.224 e. The summed E-state index contributed by atoms with van der Waals surface area (Å²) in [6.07, 6.45) is -3.21. The molecule has 0 aliphatic carbocycles. The minimum Gasteiger partial charge on any atom is -0.224 e. The van der Waals surface area contributed by atoms with Crippen LogP contribution in [-0.4, -0.2) is 26.1 Å². The maximum absolute atomic E-state index is 12.3. The van der Waals surface area contributed by atoms with Gasteiger partial charge in [-0.05, 0) is 31.2 Å². The summed E-state index contributed by atoms with van der Waals surface area (Å²) in [5, 5.41) is -1.52. The molecule has 7 heteroatoms. The maximum Gasteiger partial charge on any atom is 0.400 e. The minimum atomic E-state index is -4.26. The van der Waals surface area contributed by atoms with Crippen molar-refractivity contribution in [2.24, 2.45) is 0 Å². The molecule has 0 heterocycles. The van der Waals surface area contributed by atoms with Gasteiger partial charge in [-0.15, -0.1) is 11.8 Å². The van der Waals surface area contributed by atoms with Crippen molar-refractivity contribution >= 4 is 21.6 Å². The standard InChI is InChI=1S/C10H11F3O2S2/c1-7(10(11,12)13)16-8-3-5-9(6-4-8)17(2,14)15/h3-7H,1-2H3. The maximum atomic E-state index is 12.3. The lowest BCUT2D eigenvalue weighted by Crippen LogP contribution is -2.21. The lowest BCUT2D eigenvalue weighted by molar-refractivity contribution is -0.125. The molecule has 0 saturated heterocycles. The van der Waals surface area contributed by atoms with Crippen LogP contribution in [0.3, 0.4) is 0 Å². The van der Waals surface area contributed by atoms with E-state index in [9.17, 15) is 21.6 Å². The second-order valence-corrected chi connectivity index (χ2v) is 6.98. The molecule has 1 unspecified atom stereocenters.